The van der Waals surface area contributed by atoms with Crippen molar-refractivity contribution in [2.24, 2.45) is 5.16 Å². The minimum atomic E-state index is -4.39. The average molecular weight is 546 g/mol. The van der Waals surface area contributed by atoms with Crippen molar-refractivity contribution in [3.8, 4) is 0 Å². The van der Waals surface area contributed by atoms with Gasteiger partial charge in [0.05, 0.1) is 28.8 Å². The molecule has 192 valence electrons. The Morgan fingerprint density at radius 1 is 1.19 bits per heavy atom. The lowest BCUT2D eigenvalue weighted by Gasteiger charge is -2.22. The van der Waals surface area contributed by atoms with Crippen LogP contribution in [0.4, 0.5) is 17.6 Å². The molecule has 2 amide bonds. The molecule has 0 aliphatic carbocycles. The molecule has 2 heterocycles. The fraction of sp³-hybridized carbons (Fsp3) is 0.375. The van der Waals surface area contributed by atoms with Crippen LogP contribution in [-0.2, 0) is 15.2 Å². The number of benzene rings is 2. The second-order valence-corrected chi connectivity index (χ2v) is 9.80. The predicted octanol–water partition coefficient (Wildman–Crippen LogP) is 5.68. The third-order valence-corrected chi connectivity index (χ3v) is 6.77. The van der Waals surface area contributed by atoms with Crippen molar-refractivity contribution >= 4 is 40.7 Å². The van der Waals surface area contributed by atoms with Crippen LogP contribution in [-0.4, -0.2) is 53.3 Å². The Balaban J connectivity index is 1.46. The van der Waals surface area contributed by atoms with Crippen molar-refractivity contribution in [2.45, 2.75) is 38.5 Å². The predicted molar refractivity (Wildman–Crippen MR) is 125 cm³/mol. The van der Waals surface area contributed by atoms with E-state index in [0.29, 0.717) is 34.4 Å². The number of rotatable bonds is 5. The van der Waals surface area contributed by atoms with E-state index in [-0.39, 0.29) is 23.3 Å². The number of alkyl halides is 3. The number of oxime groups is 1. The van der Waals surface area contributed by atoms with Crippen LogP contribution < -0.4 is 0 Å². The van der Waals surface area contributed by atoms with Crippen molar-refractivity contribution in [1.29, 1.82) is 0 Å². The molecule has 0 saturated carbocycles. The van der Waals surface area contributed by atoms with E-state index < -0.39 is 42.4 Å². The molecule has 2 aromatic carbocycles. The zero-order valence-electron chi connectivity index (χ0n) is 19.3. The van der Waals surface area contributed by atoms with Crippen LogP contribution in [0.3, 0.4) is 0 Å². The molecule has 2 aliphatic heterocycles. The fourth-order valence-corrected chi connectivity index (χ4v) is 4.64. The first-order valence-electron chi connectivity index (χ1n) is 10.9. The molecular formula is C24H21Cl2F4N3O3. The molecule has 0 N–H and O–H groups in total. The maximum Gasteiger partial charge on any atom is 0.390 e. The van der Waals surface area contributed by atoms with E-state index in [4.69, 9.17) is 28.0 Å². The first-order valence-corrected chi connectivity index (χ1v) is 11.7. The first kappa shape index (κ1) is 26.2. The lowest BCUT2D eigenvalue weighted by Crippen LogP contribution is -2.33. The summed E-state index contributed by atoms with van der Waals surface area (Å²) >= 11 is 11.9. The number of amides is 2. The van der Waals surface area contributed by atoms with Crippen LogP contribution in [0, 0.1) is 12.7 Å². The first-order chi connectivity index (χ1) is 16.8. The van der Waals surface area contributed by atoms with Crippen LogP contribution in [0.5, 0.6) is 0 Å². The highest BCUT2D eigenvalue weighted by molar-refractivity contribution is 6.35. The summed E-state index contributed by atoms with van der Waals surface area (Å²) in [6.07, 6.45) is -5.19. The van der Waals surface area contributed by atoms with Gasteiger partial charge in [-0.15, -0.1) is 0 Å². The third-order valence-electron chi connectivity index (χ3n) is 6.22. The highest BCUT2D eigenvalue weighted by Crippen LogP contribution is 2.39. The van der Waals surface area contributed by atoms with Gasteiger partial charge in [-0.3, -0.25) is 9.59 Å². The SMILES string of the molecule is Cc1cc(C2=NOC(C)(c3cc(Cl)c(F)c(Cl)c3)C2)ccc1C(=O)N1CC(=O)N(CCC(F)(F)F)C1. The van der Waals surface area contributed by atoms with Crippen LogP contribution in [0.2, 0.25) is 10.0 Å². The molecule has 4 rings (SSSR count). The van der Waals surface area contributed by atoms with Gasteiger partial charge < -0.3 is 14.6 Å². The van der Waals surface area contributed by atoms with E-state index in [9.17, 15) is 27.2 Å². The molecule has 6 nitrogen and oxygen atoms in total. The molecular weight excluding hydrogens is 525 g/mol. The average Bonchev–Trinajstić information content (AvgIpc) is 3.38. The number of carbonyl (C=O) groups excluding carboxylic acids is 2. The summed E-state index contributed by atoms with van der Waals surface area (Å²) in [6, 6.07) is 7.87. The van der Waals surface area contributed by atoms with Gasteiger partial charge in [-0.2, -0.15) is 13.2 Å². The third kappa shape index (κ3) is 5.29. The molecule has 12 heteroatoms. The molecule has 36 heavy (non-hydrogen) atoms. The second-order valence-electron chi connectivity index (χ2n) is 8.99. The molecule has 1 atom stereocenters. The molecule has 1 fully saturated rings. The number of carbonyl (C=O) groups is 2. The minimum Gasteiger partial charge on any atom is -0.384 e. The molecule has 0 aromatic heterocycles. The van der Waals surface area contributed by atoms with Crippen molar-refractivity contribution in [1.82, 2.24) is 9.80 Å². The number of aryl methyl sites for hydroxylation is 1. The van der Waals surface area contributed by atoms with E-state index in [1.165, 1.54) is 17.0 Å². The molecule has 1 unspecified atom stereocenters. The van der Waals surface area contributed by atoms with Gasteiger partial charge in [-0.05, 0) is 49.2 Å². The molecule has 0 bridgehead atoms. The Hall–Kier alpha value is -2.85. The van der Waals surface area contributed by atoms with Gasteiger partial charge in [0.25, 0.3) is 5.91 Å². The number of halogens is 6. The number of nitrogens with zero attached hydrogens (tertiary/aromatic N) is 3. The quantitative estimate of drug-likeness (QED) is 0.359. The summed E-state index contributed by atoms with van der Waals surface area (Å²) in [4.78, 5) is 33.0. The van der Waals surface area contributed by atoms with Crippen LogP contribution in [0.25, 0.3) is 0 Å². The summed E-state index contributed by atoms with van der Waals surface area (Å²) in [5.41, 5.74) is 1.82. The topological polar surface area (TPSA) is 62.2 Å². The van der Waals surface area contributed by atoms with E-state index in [0.717, 1.165) is 4.90 Å². The monoisotopic (exact) mass is 545 g/mol. The van der Waals surface area contributed by atoms with Gasteiger partial charge in [0.1, 0.15) is 6.54 Å². The van der Waals surface area contributed by atoms with Crippen LogP contribution in [0.15, 0.2) is 35.5 Å². The lowest BCUT2D eigenvalue weighted by molar-refractivity contribution is -0.142. The summed E-state index contributed by atoms with van der Waals surface area (Å²) in [6.45, 7) is 2.51. The number of hydrogen-bond donors (Lipinski definition) is 0. The minimum absolute atomic E-state index is 0.133. The number of hydrogen-bond acceptors (Lipinski definition) is 4. The Morgan fingerprint density at radius 2 is 1.86 bits per heavy atom. The van der Waals surface area contributed by atoms with Gasteiger partial charge in [0.15, 0.2) is 11.4 Å². The zero-order chi connectivity index (χ0) is 26.4. The Kier molecular flexibility index (Phi) is 6.96. The Morgan fingerprint density at radius 3 is 2.47 bits per heavy atom. The van der Waals surface area contributed by atoms with Gasteiger partial charge >= 0.3 is 6.18 Å². The maximum absolute atomic E-state index is 13.8. The molecule has 2 aliphatic rings. The van der Waals surface area contributed by atoms with Gasteiger partial charge in [0.2, 0.25) is 5.91 Å². The summed E-state index contributed by atoms with van der Waals surface area (Å²) in [5, 5.41) is 3.90. The van der Waals surface area contributed by atoms with Crippen molar-refractivity contribution in [3.05, 3.63) is 68.4 Å². The lowest BCUT2D eigenvalue weighted by atomic mass is 9.88. The van der Waals surface area contributed by atoms with E-state index in [1.807, 2.05) is 0 Å². The van der Waals surface area contributed by atoms with Gasteiger partial charge in [-0.1, -0.05) is 34.4 Å². The summed E-state index contributed by atoms with van der Waals surface area (Å²) in [7, 11) is 0. The Bertz CT molecular complexity index is 1240. The van der Waals surface area contributed by atoms with Crippen molar-refractivity contribution in [2.75, 3.05) is 19.8 Å². The highest BCUT2D eigenvalue weighted by atomic mass is 35.5. The summed E-state index contributed by atoms with van der Waals surface area (Å²) in [5.74, 6) is -1.70. The summed E-state index contributed by atoms with van der Waals surface area (Å²) < 4.78 is 51.3. The molecule has 2 aromatic rings. The van der Waals surface area contributed by atoms with E-state index >= 15 is 0 Å². The zero-order valence-corrected chi connectivity index (χ0v) is 20.8. The van der Waals surface area contributed by atoms with Gasteiger partial charge in [-0.25, -0.2) is 4.39 Å². The molecule has 1 saturated heterocycles. The fourth-order valence-electron chi connectivity index (χ4n) is 4.16. The highest BCUT2D eigenvalue weighted by Gasteiger charge is 2.38. The van der Waals surface area contributed by atoms with E-state index in [1.54, 1.807) is 32.0 Å². The van der Waals surface area contributed by atoms with E-state index in [2.05, 4.69) is 5.16 Å². The molecule has 0 radical (unpaired) electrons. The van der Waals surface area contributed by atoms with Gasteiger partial charge in [0, 0.05) is 24.1 Å². The van der Waals surface area contributed by atoms with Crippen LogP contribution >= 0.6 is 23.2 Å². The molecule has 0 spiro atoms. The van der Waals surface area contributed by atoms with Crippen molar-refractivity contribution in [3.63, 3.8) is 0 Å². The second kappa shape index (κ2) is 9.55. The Labute approximate surface area is 214 Å². The largest absolute Gasteiger partial charge is 0.390 e. The van der Waals surface area contributed by atoms with Crippen molar-refractivity contribution < 1.29 is 32.0 Å². The van der Waals surface area contributed by atoms with Crippen LogP contribution in [0.1, 0.15) is 46.8 Å². The normalized spacial score (nSPS) is 20.1. The smallest absolute Gasteiger partial charge is 0.384 e. The maximum atomic E-state index is 13.8. The standard InChI is InChI=1S/C24H21Cl2F4N3O3/c1-13-7-14(19-10-23(2,36-31-19)15-8-17(25)21(27)18(26)9-15)3-4-16(13)22(35)33-11-20(34)32(12-33)6-5-24(28,29)30/h3-4,7-9H,5-6,10-12H2,1-2H3.